The number of carboxylic acids is 1. The smallest absolute Gasteiger partial charge is 0.326 e. The number of amides is 3. The summed E-state index contributed by atoms with van der Waals surface area (Å²) in [5, 5.41) is 11.6. The normalized spacial score (nSPS) is 19.0. The molecule has 0 aliphatic carbocycles. The highest BCUT2D eigenvalue weighted by atomic mass is 16.4. The fourth-order valence-electron chi connectivity index (χ4n) is 2.96. The van der Waals surface area contributed by atoms with E-state index < -0.39 is 35.9 Å². The second-order valence-corrected chi connectivity index (χ2v) is 6.49. The van der Waals surface area contributed by atoms with Crippen molar-refractivity contribution < 1.29 is 24.3 Å². The van der Waals surface area contributed by atoms with Gasteiger partial charge < -0.3 is 32.5 Å². The van der Waals surface area contributed by atoms with Crippen molar-refractivity contribution >= 4 is 23.7 Å². The van der Waals surface area contributed by atoms with Crippen LogP contribution in [0.4, 0.5) is 0 Å². The van der Waals surface area contributed by atoms with Gasteiger partial charge in [-0.05, 0) is 38.6 Å². The van der Waals surface area contributed by atoms with E-state index in [1.165, 1.54) is 4.90 Å². The van der Waals surface area contributed by atoms with Crippen LogP contribution < -0.4 is 22.5 Å². The Bertz CT molecular complexity index is 527. The lowest BCUT2D eigenvalue weighted by molar-refractivity contribution is -0.144. The van der Waals surface area contributed by atoms with Gasteiger partial charge in [0.25, 0.3) is 0 Å². The number of likely N-dealkylation sites (tertiary alicyclic amines) is 1. The number of primary amides is 1. The predicted octanol–water partition coefficient (Wildman–Crippen LogP) is -1.73. The number of rotatable bonds is 11. The zero-order valence-corrected chi connectivity index (χ0v) is 14.9. The van der Waals surface area contributed by atoms with Gasteiger partial charge >= 0.3 is 5.97 Å². The van der Waals surface area contributed by atoms with E-state index in [0.717, 1.165) is 12.8 Å². The SMILES string of the molecule is NCCCC[C@H](N)C(=O)N1CCC[C@H]1C(=O)N[C@@H](CCC(N)=O)C(=O)O. The van der Waals surface area contributed by atoms with E-state index in [2.05, 4.69) is 5.32 Å². The first kappa shape index (κ1) is 21.8. The molecule has 1 aliphatic heterocycles. The molecule has 0 aromatic carbocycles. The van der Waals surface area contributed by atoms with E-state index in [9.17, 15) is 24.3 Å². The van der Waals surface area contributed by atoms with E-state index in [0.29, 0.717) is 32.4 Å². The number of hydrogen-bond acceptors (Lipinski definition) is 6. The minimum atomic E-state index is -1.26. The van der Waals surface area contributed by atoms with Crippen LogP contribution >= 0.6 is 0 Å². The Hall–Kier alpha value is -2.20. The average molecular weight is 371 g/mol. The van der Waals surface area contributed by atoms with Crippen LogP contribution in [0, 0.1) is 0 Å². The Labute approximate surface area is 152 Å². The topological polar surface area (TPSA) is 182 Å². The molecule has 10 heteroatoms. The molecule has 0 bridgehead atoms. The van der Waals surface area contributed by atoms with E-state index in [1.54, 1.807) is 0 Å². The third kappa shape index (κ3) is 6.60. The Kier molecular flexibility index (Phi) is 9.00. The number of nitrogens with two attached hydrogens (primary N) is 3. The molecule has 0 saturated carbocycles. The third-order valence-corrected chi connectivity index (χ3v) is 4.42. The zero-order valence-electron chi connectivity index (χ0n) is 14.9. The molecule has 1 aliphatic rings. The van der Waals surface area contributed by atoms with Gasteiger partial charge in [-0.25, -0.2) is 4.79 Å². The molecule has 10 nitrogen and oxygen atoms in total. The average Bonchev–Trinajstić information content (AvgIpc) is 3.07. The predicted molar refractivity (Wildman–Crippen MR) is 93.6 cm³/mol. The summed E-state index contributed by atoms with van der Waals surface area (Å²) in [7, 11) is 0. The van der Waals surface area contributed by atoms with Crippen LogP contribution in [0.2, 0.25) is 0 Å². The Morgan fingerprint density at radius 1 is 1.19 bits per heavy atom. The molecule has 3 amide bonds. The molecule has 148 valence electrons. The second kappa shape index (κ2) is 10.7. The fraction of sp³-hybridized carbons (Fsp3) is 0.750. The lowest BCUT2D eigenvalue weighted by Crippen LogP contribution is -2.54. The second-order valence-electron chi connectivity index (χ2n) is 6.49. The maximum atomic E-state index is 12.5. The van der Waals surface area contributed by atoms with Crippen LogP contribution in [-0.4, -0.2) is 64.9 Å². The van der Waals surface area contributed by atoms with Crippen molar-refractivity contribution in [3.63, 3.8) is 0 Å². The Morgan fingerprint density at radius 3 is 2.46 bits per heavy atom. The van der Waals surface area contributed by atoms with E-state index in [4.69, 9.17) is 17.2 Å². The highest BCUT2D eigenvalue weighted by Gasteiger charge is 2.37. The Balaban J connectivity index is 2.66. The number of nitrogens with zero attached hydrogens (tertiary/aromatic N) is 1. The van der Waals surface area contributed by atoms with Crippen LogP contribution in [-0.2, 0) is 19.2 Å². The van der Waals surface area contributed by atoms with Gasteiger partial charge in [0.1, 0.15) is 12.1 Å². The number of unbranched alkanes of at least 4 members (excludes halogenated alkanes) is 1. The van der Waals surface area contributed by atoms with Gasteiger partial charge in [0.15, 0.2) is 0 Å². The lowest BCUT2D eigenvalue weighted by Gasteiger charge is -2.27. The van der Waals surface area contributed by atoms with E-state index >= 15 is 0 Å². The molecule has 8 N–H and O–H groups in total. The third-order valence-electron chi connectivity index (χ3n) is 4.42. The molecule has 1 heterocycles. The summed E-state index contributed by atoms with van der Waals surface area (Å²) in [5.41, 5.74) is 16.4. The number of carbonyl (C=O) groups is 4. The minimum Gasteiger partial charge on any atom is -0.480 e. The maximum Gasteiger partial charge on any atom is 0.326 e. The standard InChI is InChI=1S/C16H29N5O5/c17-8-2-1-4-10(18)15(24)21-9-3-5-12(21)14(23)20-11(16(25)26)6-7-13(19)22/h10-12H,1-9,17-18H2,(H2,19,22)(H,20,23)(H,25,26)/t10-,11-,12-/m0/s1. The van der Waals surface area contributed by atoms with Crippen LogP contribution in [0.1, 0.15) is 44.9 Å². The van der Waals surface area contributed by atoms with E-state index in [1.807, 2.05) is 0 Å². The number of hydrogen-bond donors (Lipinski definition) is 5. The van der Waals surface area contributed by atoms with Gasteiger partial charge in [-0.2, -0.15) is 0 Å². The molecule has 0 aromatic rings. The van der Waals surface area contributed by atoms with Gasteiger partial charge in [0.05, 0.1) is 6.04 Å². The van der Waals surface area contributed by atoms with Crippen LogP contribution in [0.15, 0.2) is 0 Å². The number of aliphatic carboxylic acids is 1. The monoisotopic (exact) mass is 371 g/mol. The summed E-state index contributed by atoms with van der Waals surface area (Å²) in [6.07, 6.45) is 2.80. The quantitative estimate of drug-likeness (QED) is 0.267. The summed E-state index contributed by atoms with van der Waals surface area (Å²) in [6.45, 7) is 0.929. The van der Waals surface area contributed by atoms with Crippen molar-refractivity contribution in [2.24, 2.45) is 17.2 Å². The van der Waals surface area contributed by atoms with Gasteiger partial charge in [0, 0.05) is 13.0 Å². The summed E-state index contributed by atoms with van der Waals surface area (Å²) in [4.78, 5) is 48.5. The first-order valence-electron chi connectivity index (χ1n) is 8.85. The van der Waals surface area contributed by atoms with Crippen molar-refractivity contribution in [1.29, 1.82) is 0 Å². The van der Waals surface area contributed by atoms with Crippen molar-refractivity contribution in [3.05, 3.63) is 0 Å². The Morgan fingerprint density at radius 2 is 1.88 bits per heavy atom. The van der Waals surface area contributed by atoms with Gasteiger partial charge in [-0.3, -0.25) is 14.4 Å². The molecule has 0 aromatic heterocycles. The molecule has 3 atom stereocenters. The molecule has 0 radical (unpaired) electrons. The van der Waals surface area contributed by atoms with Crippen molar-refractivity contribution in [3.8, 4) is 0 Å². The number of carboxylic acid groups (broad SMARTS) is 1. The molecular formula is C16H29N5O5. The highest BCUT2D eigenvalue weighted by Crippen LogP contribution is 2.19. The molecular weight excluding hydrogens is 342 g/mol. The maximum absolute atomic E-state index is 12.5. The molecule has 0 spiro atoms. The van der Waals surface area contributed by atoms with Gasteiger partial charge in [-0.1, -0.05) is 6.42 Å². The van der Waals surface area contributed by atoms with Crippen LogP contribution in [0.5, 0.6) is 0 Å². The van der Waals surface area contributed by atoms with Crippen molar-refractivity contribution in [2.75, 3.05) is 13.1 Å². The fourth-order valence-corrected chi connectivity index (χ4v) is 2.96. The first-order chi connectivity index (χ1) is 12.3. The van der Waals surface area contributed by atoms with Crippen LogP contribution in [0.25, 0.3) is 0 Å². The highest BCUT2D eigenvalue weighted by molar-refractivity contribution is 5.92. The van der Waals surface area contributed by atoms with Crippen LogP contribution in [0.3, 0.4) is 0 Å². The van der Waals surface area contributed by atoms with Gasteiger partial charge in [0.2, 0.25) is 17.7 Å². The summed E-state index contributed by atoms with van der Waals surface area (Å²) in [6, 6.07) is -2.69. The van der Waals surface area contributed by atoms with Gasteiger partial charge in [-0.15, -0.1) is 0 Å². The summed E-state index contributed by atoms with van der Waals surface area (Å²) < 4.78 is 0. The van der Waals surface area contributed by atoms with Crippen molar-refractivity contribution in [1.82, 2.24) is 10.2 Å². The first-order valence-corrected chi connectivity index (χ1v) is 8.85. The molecule has 1 saturated heterocycles. The molecule has 26 heavy (non-hydrogen) atoms. The summed E-state index contributed by atoms with van der Waals surface area (Å²) >= 11 is 0. The minimum absolute atomic E-state index is 0.102. The number of carbonyl (C=O) groups excluding carboxylic acids is 3. The largest absolute Gasteiger partial charge is 0.480 e. The zero-order chi connectivity index (χ0) is 19.7. The number of nitrogens with one attached hydrogen (secondary N) is 1. The molecule has 1 fully saturated rings. The molecule has 0 unspecified atom stereocenters. The van der Waals surface area contributed by atoms with Crippen molar-refractivity contribution in [2.45, 2.75) is 63.1 Å². The van der Waals surface area contributed by atoms with E-state index in [-0.39, 0.29) is 18.7 Å². The molecule has 1 rings (SSSR count). The lowest BCUT2D eigenvalue weighted by atomic mass is 10.1. The summed E-state index contributed by atoms with van der Waals surface area (Å²) in [5.74, 6) is -2.77.